The lowest BCUT2D eigenvalue weighted by molar-refractivity contribution is 0.624. The van der Waals surface area contributed by atoms with Crippen LogP contribution < -0.4 is 4.31 Å². The predicted molar refractivity (Wildman–Crippen MR) is 48.4 cm³/mol. The van der Waals surface area contributed by atoms with Crippen molar-refractivity contribution in [2.45, 2.75) is 6.42 Å². The smallest absolute Gasteiger partial charge is 0.261 e. The van der Waals surface area contributed by atoms with Crippen LogP contribution in [0.2, 0.25) is 0 Å². The van der Waals surface area contributed by atoms with Gasteiger partial charge < -0.3 is 0 Å². The van der Waals surface area contributed by atoms with Gasteiger partial charge in [0.25, 0.3) is 0 Å². The summed E-state index contributed by atoms with van der Waals surface area (Å²) in [6.07, 6.45) is 0.503. The SMILES string of the molecule is FS(F)(F)N1CCc2ccccc21. The number of benzene rings is 1. The highest BCUT2D eigenvalue weighted by molar-refractivity contribution is 8.22. The molecule has 0 atom stereocenters. The summed E-state index contributed by atoms with van der Waals surface area (Å²) >= 11 is -5.08. The summed E-state index contributed by atoms with van der Waals surface area (Å²) in [7, 11) is 0. The summed E-state index contributed by atoms with van der Waals surface area (Å²) in [5.41, 5.74) is 1.14. The average molecular weight is 207 g/mol. The van der Waals surface area contributed by atoms with Crippen LogP contribution in [0.1, 0.15) is 5.56 Å². The zero-order valence-electron chi connectivity index (χ0n) is 6.71. The lowest BCUT2D eigenvalue weighted by Crippen LogP contribution is -2.16. The van der Waals surface area contributed by atoms with Gasteiger partial charge in [-0.05, 0) is 18.1 Å². The molecule has 0 saturated heterocycles. The minimum absolute atomic E-state index is 0.0815. The number of hydrogen-bond acceptors (Lipinski definition) is 1. The summed E-state index contributed by atoms with van der Waals surface area (Å²) in [5, 5.41) is 0. The molecule has 1 heterocycles. The van der Waals surface area contributed by atoms with Gasteiger partial charge in [-0.1, -0.05) is 18.2 Å². The van der Waals surface area contributed by atoms with Gasteiger partial charge in [0.15, 0.2) is 0 Å². The van der Waals surface area contributed by atoms with Crippen LogP contribution in [0.5, 0.6) is 0 Å². The van der Waals surface area contributed by atoms with Gasteiger partial charge >= 0.3 is 11.4 Å². The van der Waals surface area contributed by atoms with Crippen LogP contribution in [0.4, 0.5) is 17.3 Å². The third-order valence-corrected chi connectivity index (χ3v) is 2.97. The molecule has 0 saturated carbocycles. The Morgan fingerprint density at radius 3 is 2.54 bits per heavy atom. The Morgan fingerprint density at radius 2 is 1.85 bits per heavy atom. The number of halogens is 3. The van der Waals surface area contributed by atoms with Crippen molar-refractivity contribution in [3.63, 3.8) is 0 Å². The fourth-order valence-electron chi connectivity index (χ4n) is 1.52. The Kier molecular flexibility index (Phi) is 1.91. The molecule has 1 aliphatic heterocycles. The first-order chi connectivity index (χ1) is 6.09. The standard InChI is InChI=1S/C8H8F3NS/c9-13(10,11)12-6-5-7-3-1-2-4-8(7)12/h1-4H,5-6H2. The molecule has 0 spiro atoms. The zero-order chi connectivity index (χ0) is 9.47. The lowest BCUT2D eigenvalue weighted by Gasteiger charge is -2.24. The van der Waals surface area contributed by atoms with Crippen molar-refractivity contribution in [3.8, 4) is 0 Å². The Hall–Kier alpha value is -0.840. The molecule has 72 valence electrons. The van der Waals surface area contributed by atoms with Crippen LogP contribution in [0, 0.1) is 0 Å². The van der Waals surface area contributed by atoms with Gasteiger partial charge in [-0.25, -0.2) is 0 Å². The van der Waals surface area contributed by atoms with Gasteiger partial charge in [0, 0.05) is 6.54 Å². The summed E-state index contributed by atoms with van der Waals surface area (Å²) in [5.74, 6) is 0. The number of fused-ring (bicyclic) bond motifs is 1. The molecule has 5 heteroatoms. The van der Waals surface area contributed by atoms with E-state index in [1.54, 1.807) is 18.2 Å². The first kappa shape index (κ1) is 8.74. The molecule has 2 rings (SSSR count). The molecule has 0 amide bonds. The number of anilines is 1. The Morgan fingerprint density at radius 1 is 1.15 bits per heavy atom. The summed E-state index contributed by atoms with van der Waals surface area (Å²) in [6.45, 7) is 0.0815. The molecule has 0 bridgehead atoms. The minimum atomic E-state index is -5.08. The van der Waals surface area contributed by atoms with Crippen molar-refractivity contribution >= 4 is 17.1 Å². The highest BCUT2D eigenvalue weighted by Gasteiger charge is 2.35. The molecule has 0 unspecified atom stereocenters. The first-order valence-electron chi connectivity index (χ1n) is 3.87. The van der Waals surface area contributed by atoms with Crippen LogP contribution in [0.25, 0.3) is 0 Å². The number of nitrogens with zero attached hydrogens (tertiary/aromatic N) is 1. The fourth-order valence-corrected chi connectivity index (χ4v) is 2.22. The average Bonchev–Trinajstić information content (AvgIpc) is 2.45. The minimum Gasteiger partial charge on any atom is -0.261 e. The first-order valence-corrected chi connectivity index (χ1v) is 5.16. The van der Waals surface area contributed by atoms with Crippen molar-refractivity contribution in [2.75, 3.05) is 10.8 Å². The molecule has 1 aliphatic rings. The van der Waals surface area contributed by atoms with E-state index in [0.29, 0.717) is 16.4 Å². The van der Waals surface area contributed by atoms with Crippen molar-refractivity contribution < 1.29 is 11.7 Å². The van der Waals surface area contributed by atoms with E-state index >= 15 is 0 Å². The number of para-hydroxylation sites is 1. The molecule has 0 N–H and O–H groups in total. The maximum Gasteiger partial charge on any atom is 0.302 e. The fraction of sp³-hybridized carbons (Fsp3) is 0.250. The van der Waals surface area contributed by atoms with E-state index in [0.717, 1.165) is 5.56 Å². The second-order valence-electron chi connectivity index (χ2n) is 2.86. The van der Waals surface area contributed by atoms with Crippen LogP contribution in [-0.4, -0.2) is 6.54 Å². The molecule has 1 aromatic rings. The topological polar surface area (TPSA) is 3.24 Å². The van der Waals surface area contributed by atoms with E-state index in [4.69, 9.17) is 0 Å². The number of rotatable bonds is 1. The Balaban J connectivity index is 2.39. The van der Waals surface area contributed by atoms with Gasteiger partial charge in [0.05, 0.1) is 5.69 Å². The van der Waals surface area contributed by atoms with Gasteiger partial charge in [0.2, 0.25) is 0 Å². The summed E-state index contributed by atoms with van der Waals surface area (Å²) in [4.78, 5) is 0. The predicted octanol–water partition coefficient (Wildman–Crippen LogP) is 3.42. The van der Waals surface area contributed by atoms with Crippen molar-refractivity contribution in [1.82, 2.24) is 0 Å². The maximum atomic E-state index is 12.4. The third-order valence-electron chi connectivity index (χ3n) is 2.09. The van der Waals surface area contributed by atoms with E-state index in [2.05, 4.69) is 0 Å². The van der Waals surface area contributed by atoms with E-state index in [-0.39, 0.29) is 6.54 Å². The van der Waals surface area contributed by atoms with E-state index in [9.17, 15) is 11.7 Å². The second kappa shape index (κ2) is 2.83. The van der Waals surface area contributed by atoms with E-state index in [1.165, 1.54) is 6.07 Å². The highest BCUT2D eigenvalue weighted by atomic mass is 32.3. The molecule has 0 radical (unpaired) electrons. The van der Waals surface area contributed by atoms with Crippen LogP contribution in [0.15, 0.2) is 24.3 Å². The van der Waals surface area contributed by atoms with Gasteiger partial charge in [0.1, 0.15) is 0 Å². The Labute approximate surface area is 76.5 Å². The largest absolute Gasteiger partial charge is 0.302 e. The lowest BCUT2D eigenvalue weighted by atomic mass is 10.2. The highest BCUT2D eigenvalue weighted by Crippen LogP contribution is 2.60. The van der Waals surface area contributed by atoms with E-state index in [1.807, 2.05) is 0 Å². The third kappa shape index (κ3) is 1.48. The summed E-state index contributed by atoms with van der Waals surface area (Å²) < 4.78 is 37.9. The van der Waals surface area contributed by atoms with Crippen molar-refractivity contribution in [2.24, 2.45) is 0 Å². The quantitative estimate of drug-likeness (QED) is 0.682. The van der Waals surface area contributed by atoms with Crippen molar-refractivity contribution in [3.05, 3.63) is 29.8 Å². The van der Waals surface area contributed by atoms with Crippen LogP contribution in [-0.2, 0) is 6.42 Å². The second-order valence-corrected chi connectivity index (χ2v) is 4.07. The molecule has 1 nitrogen and oxygen atoms in total. The monoisotopic (exact) mass is 207 g/mol. The number of hydrogen-bond donors (Lipinski definition) is 0. The van der Waals surface area contributed by atoms with E-state index < -0.39 is 11.4 Å². The van der Waals surface area contributed by atoms with Crippen LogP contribution >= 0.6 is 11.4 Å². The normalized spacial score (nSPS) is 17.3. The molecule has 0 aliphatic carbocycles. The molecule has 0 aromatic heterocycles. The molecule has 1 aromatic carbocycles. The molecular weight excluding hydrogens is 199 g/mol. The Bertz CT molecular complexity index is 323. The molecular formula is C8H8F3NS. The maximum absolute atomic E-state index is 12.4. The van der Waals surface area contributed by atoms with Crippen LogP contribution in [0.3, 0.4) is 0 Å². The molecule has 13 heavy (non-hydrogen) atoms. The van der Waals surface area contributed by atoms with Gasteiger partial charge in [-0.15, -0.1) is 11.7 Å². The van der Waals surface area contributed by atoms with Gasteiger partial charge in [-0.3, -0.25) is 4.31 Å². The summed E-state index contributed by atoms with van der Waals surface area (Å²) in [6, 6.07) is 6.69. The zero-order valence-corrected chi connectivity index (χ0v) is 7.53. The van der Waals surface area contributed by atoms with Gasteiger partial charge in [-0.2, -0.15) is 0 Å². The van der Waals surface area contributed by atoms with Crippen molar-refractivity contribution in [1.29, 1.82) is 0 Å². The molecule has 0 fully saturated rings.